The molecule has 0 amide bonds. The van der Waals surface area contributed by atoms with E-state index in [-0.39, 0.29) is 6.04 Å². The fraction of sp³-hybridized carbons (Fsp3) is 0.700. The van der Waals surface area contributed by atoms with Crippen LogP contribution in [0.5, 0.6) is 0 Å². The maximum Gasteiger partial charge on any atom is 0.0349 e. The van der Waals surface area contributed by atoms with E-state index in [1.807, 2.05) is 0 Å². The number of benzene rings is 1. The highest BCUT2D eigenvalue weighted by atomic mass is 14.7. The van der Waals surface area contributed by atoms with Gasteiger partial charge in [-0.3, -0.25) is 0 Å². The van der Waals surface area contributed by atoms with Gasteiger partial charge in [0.15, 0.2) is 0 Å². The van der Waals surface area contributed by atoms with Gasteiger partial charge in [0.25, 0.3) is 0 Å². The Balaban J connectivity index is 1.70. The fourth-order valence-corrected chi connectivity index (χ4v) is 4.48. The first-order valence-corrected chi connectivity index (χ1v) is 9.04. The molecule has 2 N–H and O–H groups in total. The Morgan fingerprint density at radius 3 is 2.10 bits per heavy atom. The van der Waals surface area contributed by atoms with E-state index in [1.54, 1.807) is 5.56 Å². The van der Waals surface area contributed by atoms with Crippen molar-refractivity contribution in [2.45, 2.75) is 83.1 Å². The van der Waals surface area contributed by atoms with Gasteiger partial charge in [-0.25, -0.2) is 0 Å². The van der Waals surface area contributed by atoms with Gasteiger partial charge < -0.3 is 5.73 Å². The van der Waals surface area contributed by atoms with E-state index in [0.29, 0.717) is 5.41 Å². The maximum absolute atomic E-state index is 6.63. The lowest BCUT2D eigenvalue weighted by atomic mass is 9.69. The molecule has 1 unspecified atom stereocenters. The molecule has 1 aromatic carbocycles. The summed E-state index contributed by atoms with van der Waals surface area (Å²) < 4.78 is 0. The standard InChI is InChI=1S/C20H31N/c1-20(14-6-3-7-15-20)19(21)18-12-10-17(11-13-18)16-8-4-2-5-9-16/h10-13,16,19H,2-9,14-15,21H2,1H3. The van der Waals surface area contributed by atoms with E-state index >= 15 is 0 Å². The van der Waals surface area contributed by atoms with Crippen molar-refractivity contribution < 1.29 is 0 Å². The average molecular weight is 285 g/mol. The Morgan fingerprint density at radius 2 is 1.48 bits per heavy atom. The minimum Gasteiger partial charge on any atom is -0.323 e. The smallest absolute Gasteiger partial charge is 0.0349 e. The highest BCUT2D eigenvalue weighted by molar-refractivity contribution is 5.28. The summed E-state index contributed by atoms with van der Waals surface area (Å²) in [5.74, 6) is 0.800. The lowest BCUT2D eigenvalue weighted by Gasteiger charge is -2.39. The zero-order valence-electron chi connectivity index (χ0n) is 13.6. The maximum atomic E-state index is 6.63. The monoisotopic (exact) mass is 285 g/mol. The zero-order valence-corrected chi connectivity index (χ0v) is 13.6. The minimum atomic E-state index is 0.207. The van der Waals surface area contributed by atoms with E-state index in [0.717, 1.165) is 5.92 Å². The van der Waals surface area contributed by atoms with Crippen LogP contribution in [-0.2, 0) is 0 Å². The molecule has 21 heavy (non-hydrogen) atoms. The largest absolute Gasteiger partial charge is 0.323 e. The number of rotatable bonds is 3. The molecule has 1 atom stereocenters. The molecule has 2 aliphatic carbocycles. The summed E-state index contributed by atoms with van der Waals surface area (Å²) in [6, 6.07) is 9.55. The van der Waals surface area contributed by atoms with E-state index in [2.05, 4.69) is 31.2 Å². The molecular formula is C20H31N. The molecule has 2 saturated carbocycles. The van der Waals surface area contributed by atoms with Gasteiger partial charge in [-0.2, -0.15) is 0 Å². The van der Waals surface area contributed by atoms with Gasteiger partial charge >= 0.3 is 0 Å². The van der Waals surface area contributed by atoms with Crippen molar-refractivity contribution in [2.75, 3.05) is 0 Å². The molecular weight excluding hydrogens is 254 g/mol. The summed E-state index contributed by atoms with van der Waals surface area (Å²) in [7, 11) is 0. The van der Waals surface area contributed by atoms with Gasteiger partial charge in [-0.1, -0.05) is 69.7 Å². The Hall–Kier alpha value is -0.820. The summed E-state index contributed by atoms with van der Waals surface area (Å²) in [6.45, 7) is 2.39. The predicted octanol–water partition coefficient (Wildman–Crippen LogP) is 5.70. The normalized spacial score (nSPS) is 24.7. The first kappa shape index (κ1) is 15.1. The highest BCUT2D eigenvalue weighted by Gasteiger charge is 2.34. The summed E-state index contributed by atoms with van der Waals surface area (Å²) in [5.41, 5.74) is 9.83. The van der Waals surface area contributed by atoms with Crippen LogP contribution in [0, 0.1) is 5.41 Å². The fourth-order valence-electron chi connectivity index (χ4n) is 4.48. The molecule has 0 bridgehead atoms. The zero-order chi connectivity index (χ0) is 14.7. The summed E-state index contributed by atoms with van der Waals surface area (Å²) >= 11 is 0. The molecule has 3 rings (SSSR count). The van der Waals surface area contributed by atoms with E-state index in [9.17, 15) is 0 Å². The van der Waals surface area contributed by atoms with Gasteiger partial charge in [0.2, 0.25) is 0 Å². The SMILES string of the molecule is CC1(C(N)c2ccc(C3CCCCC3)cc2)CCCCC1. The van der Waals surface area contributed by atoms with E-state index < -0.39 is 0 Å². The summed E-state index contributed by atoms with van der Waals surface area (Å²) in [6.07, 6.45) is 13.7. The van der Waals surface area contributed by atoms with E-state index in [1.165, 1.54) is 69.8 Å². The number of hydrogen-bond acceptors (Lipinski definition) is 1. The Morgan fingerprint density at radius 1 is 0.905 bits per heavy atom. The number of nitrogens with two attached hydrogens (primary N) is 1. The molecule has 0 saturated heterocycles. The minimum absolute atomic E-state index is 0.207. The van der Waals surface area contributed by atoms with Crippen molar-refractivity contribution in [1.82, 2.24) is 0 Å². The molecule has 2 aliphatic rings. The topological polar surface area (TPSA) is 26.0 Å². The quantitative estimate of drug-likeness (QED) is 0.757. The number of hydrogen-bond donors (Lipinski definition) is 1. The second kappa shape index (κ2) is 6.52. The molecule has 116 valence electrons. The molecule has 1 aromatic rings. The van der Waals surface area contributed by atoms with Gasteiger partial charge in [-0.05, 0) is 48.1 Å². The highest BCUT2D eigenvalue weighted by Crippen LogP contribution is 2.44. The molecule has 1 heteroatoms. The van der Waals surface area contributed by atoms with Crippen molar-refractivity contribution in [3.63, 3.8) is 0 Å². The third-order valence-corrected chi connectivity index (χ3v) is 6.12. The van der Waals surface area contributed by atoms with Crippen molar-refractivity contribution in [2.24, 2.45) is 11.1 Å². The second-order valence-corrected chi connectivity index (χ2v) is 7.69. The van der Waals surface area contributed by atoms with Crippen LogP contribution < -0.4 is 5.73 Å². The van der Waals surface area contributed by atoms with Crippen molar-refractivity contribution >= 4 is 0 Å². The Kier molecular flexibility index (Phi) is 4.69. The lowest BCUT2D eigenvalue weighted by Crippen LogP contribution is -2.33. The Bertz CT molecular complexity index is 435. The van der Waals surface area contributed by atoms with Crippen LogP contribution in [0.4, 0.5) is 0 Å². The molecule has 0 aromatic heterocycles. The predicted molar refractivity (Wildman–Crippen MR) is 90.4 cm³/mol. The van der Waals surface area contributed by atoms with Crippen molar-refractivity contribution in [3.05, 3.63) is 35.4 Å². The van der Waals surface area contributed by atoms with Gasteiger partial charge in [0, 0.05) is 6.04 Å². The van der Waals surface area contributed by atoms with Crippen LogP contribution in [0.1, 0.15) is 94.2 Å². The van der Waals surface area contributed by atoms with Gasteiger partial charge in [0.05, 0.1) is 0 Å². The molecule has 0 heterocycles. The third kappa shape index (κ3) is 3.34. The molecule has 0 radical (unpaired) electrons. The second-order valence-electron chi connectivity index (χ2n) is 7.69. The molecule has 1 nitrogen and oxygen atoms in total. The van der Waals surface area contributed by atoms with Gasteiger partial charge in [-0.15, -0.1) is 0 Å². The van der Waals surface area contributed by atoms with Crippen LogP contribution in [0.2, 0.25) is 0 Å². The molecule has 2 fully saturated rings. The first-order valence-electron chi connectivity index (χ1n) is 9.04. The molecule has 0 aliphatic heterocycles. The lowest BCUT2D eigenvalue weighted by molar-refractivity contribution is 0.170. The van der Waals surface area contributed by atoms with Crippen LogP contribution in [0.15, 0.2) is 24.3 Å². The first-order chi connectivity index (χ1) is 10.2. The van der Waals surface area contributed by atoms with E-state index in [4.69, 9.17) is 5.73 Å². The van der Waals surface area contributed by atoms with Crippen molar-refractivity contribution in [3.8, 4) is 0 Å². The van der Waals surface area contributed by atoms with Crippen molar-refractivity contribution in [1.29, 1.82) is 0 Å². The van der Waals surface area contributed by atoms with Crippen LogP contribution in [-0.4, -0.2) is 0 Å². The van der Waals surface area contributed by atoms with Gasteiger partial charge in [0.1, 0.15) is 0 Å². The van der Waals surface area contributed by atoms with Crippen LogP contribution in [0.3, 0.4) is 0 Å². The van der Waals surface area contributed by atoms with Crippen LogP contribution in [0.25, 0.3) is 0 Å². The summed E-state index contributed by atoms with van der Waals surface area (Å²) in [5, 5.41) is 0. The molecule has 0 spiro atoms. The summed E-state index contributed by atoms with van der Waals surface area (Å²) in [4.78, 5) is 0. The average Bonchev–Trinajstić information content (AvgIpc) is 2.56. The third-order valence-electron chi connectivity index (χ3n) is 6.12. The Labute approximate surface area is 130 Å². The van der Waals surface area contributed by atoms with Crippen LogP contribution >= 0.6 is 0 Å².